The fourth-order valence-electron chi connectivity index (χ4n) is 2.56. The van der Waals surface area contributed by atoms with E-state index in [2.05, 4.69) is 0 Å². The molecule has 8 heteroatoms. The second kappa shape index (κ2) is 5.70. The first kappa shape index (κ1) is 15.9. The van der Waals surface area contributed by atoms with E-state index >= 15 is 0 Å². The van der Waals surface area contributed by atoms with Gasteiger partial charge in [-0.3, -0.25) is 10.1 Å². The molecular weight excluding hydrogens is 296 g/mol. The maximum Gasteiger partial charge on any atom is 0.289 e. The quantitative estimate of drug-likeness (QED) is 0.668. The van der Waals surface area contributed by atoms with Crippen LogP contribution in [0.4, 0.5) is 5.69 Å². The van der Waals surface area contributed by atoms with Crippen LogP contribution in [-0.2, 0) is 10.0 Å². The van der Waals surface area contributed by atoms with Crippen molar-refractivity contribution in [2.75, 3.05) is 13.2 Å². The van der Waals surface area contributed by atoms with Gasteiger partial charge in [0, 0.05) is 18.7 Å². The van der Waals surface area contributed by atoms with Gasteiger partial charge in [0.15, 0.2) is 4.90 Å². The molecule has 0 radical (unpaired) electrons. The molecule has 1 N–H and O–H groups in total. The van der Waals surface area contributed by atoms with Crippen LogP contribution in [0.2, 0.25) is 0 Å². The number of rotatable bonds is 4. The molecule has 1 atom stereocenters. The molecule has 0 saturated carbocycles. The lowest BCUT2D eigenvalue weighted by Crippen LogP contribution is -2.37. The highest BCUT2D eigenvalue weighted by molar-refractivity contribution is 7.89. The van der Waals surface area contributed by atoms with E-state index in [-0.39, 0.29) is 18.0 Å². The van der Waals surface area contributed by atoms with Crippen molar-refractivity contribution in [1.29, 1.82) is 0 Å². The van der Waals surface area contributed by atoms with E-state index < -0.39 is 26.7 Å². The molecular formula is C13H18N2O5S. The molecule has 2 rings (SSSR count). The molecule has 1 saturated heterocycles. The van der Waals surface area contributed by atoms with Gasteiger partial charge in [0.1, 0.15) is 0 Å². The molecule has 0 bridgehead atoms. The van der Waals surface area contributed by atoms with Crippen LogP contribution < -0.4 is 0 Å². The number of sulfonamides is 1. The zero-order valence-corrected chi connectivity index (χ0v) is 12.8. The van der Waals surface area contributed by atoms with Gasteiger partial charge in [-0.05, 0) is 43.9 Å². The van der Waals surface area contributed by atoms with E-state index in [9.17, 15) is 23.6 Å². The standard InChI is InChI=1S/C13H18N2O5S/c1-9-6-12(15(17)18)13(7-10(9)2)21(19,20)14-5-3-4-11(14)8-16/h6-7,11,16H,3-5,8H2,1-2H3. The Bertz CT molecular complexity index is 671. The number of aryl methyl sites for hydroxylation is 2. The molecule has 0 spiro atoms. The summed E-state index contributed by atoms with van der Waals surface area (Å²) in [5.74, 6) is 0. The van der Waals surface area contributed by atoms with Gasteiger partial charge in [0.05, 0.1) is 11.5 Å². The third-order valence-corrected chi connectivity index (χ3v) is 5.87. The third-order valence-electron chi connectivity index (χ3n) is 3.89. The highest BCUT2D eigenvalue weighted by Gasteiger charge is 2.38. The van der Waals surface area contributed by atoms with Crippen LogP contribution in [0.5, 0.6) is 0 Å². The lowest BCUT2D eigenvalue weighted by atomic mass is 10.1. The van der Waals surface area contributed by atoms with E-state index in [4.69, 9.17) is 0 Å². The molecule has 1 heterocycles. The Morgan fingerprint density at radius 2 is 2.00 bits per heavy atom. The summed E-state index contributed by atoms with van der Waals surface area (Å²) in [5.41, 5.74) is 0.932. The number of nitrogens with zero attached hydrogens (tertiary/aromatic N) is 2. The first-order chi connectivity index (χ1) is 9.78. The lowest BCUT2D eigenvalue weighted by Gasteiger charge is -2.22. The van der Waals surface area contributed by atoms with Crippen molar-refractivity contribution in [3.8, 4) is 0 Å². The molecule has 0 aliphatic carbocycles. The molecule has 7 nitrogen and oxygen atoms in total. The number of hydrogen-bond acceptors (Lipinski definition) is 5. The number of nitro groups is 1. The van der Waals surface area contributed by atoms with Gasteiger partial charge in [-0.1, -0.05) is 0 Å². The molecule has 1 aromatic rings. The van der Waals surface area contributed by atoms with Crippen molar-refractivity contribution in [3.05, 3.63) is 33.4 Å². The highest BCUT2D eigenvalue weighted by Crippen LogP contribution is 2.33. The predicted octanol–water partition coefficient (Wildman–Crippen LogP) is 1.36. The predicted molar refractivity (Wildman–Crippen MR) is 76.6 cm³/mol. The molecule has 1 aliphatic heterocycles. The Hall–Kier alpha value is -1.51. The molecule has 116 valence electrons. The van der Waals surface area contributed by atoms with Crippen molar-refractivity contribution >= 4 is 15.7 Å². The minimum atomic E-state index is -3.98. The first-order valence-electron chi connectivity index (χ1n) is 6.67. The Morgan fingerprint density at radius 3 is 2.57 bits per heavy atom. The van der Waals surface area contributed by atoms with E-state index in [1.807, 2.05) is 0 Å². The maximum absolute atomic E-state index is 12.7. The lowest BCUT2D eigenvalue weighted by molar-refractivity contribution is -0.387. The molecule has 1 aromatic carbocycles. The molecule has 21 heavy (non-hydrogen) atoms. The maximum atomic E-state index is 12.7. The summed E-state index contributed by atoms with van der Waals surface area (Å²) < 4.78 is 26.6. The van der Waals surface area contributed by atoms with Crippen LogP contribution >= 0.6 is 0 Å². The summed E-state index contributed by atoms with van der Waals surface area (Å²) in [6, 6.07) is 2.12. The fraction of sp³-hybridized carbons (Fsp3) is 0.538. The van der Waals surface area contributed by atoms with Crippen LogP contribution in [0.15, 0.2) is 17.0 Å². The third kappa shape index (κ3) is 2.78. The molecule has 0 amide bonds. The summed E-state index contributed by atoms with van der Waals surface area (Å²) in [7, 11) is -3.98. The van der Waals surface area contributed by atoms with Crippen molar-refractivity contribution in [1.82, 2.24) is 4.31 Å². The molecule has 1 unspecified atom stereocenters. The van der Waals surface area contributed by atoms with Crippen molar-refractivity contribution in [3.63, 3.8) is 0 Å². The van der Waals surface area contributed by atoms with Crippen molar-refractivity contribution < 1.29 is 18.4 Å². The monoisotopic (exact) mass is 314 g/mol. The van der Waals surface area contributed by atoms with Crippen LogP contribution in [0, 0.1) is 24.0 Å². The largest absolute Gasteiger partial charge is 0.395 e. The summed E-state index contributed by atoms with van der Waals surface area (Å²) in [6.07, 6.45) is 1.21. The van der Waals surface area contributed by atoms with Crippen LogP contribution in [0.1, 0.15) is 24.0 Å². The minimum Gasteiger partial charge on any atom is -0.395 e. The van der Waals surface area contributed by atoms with Crippen LogP contribution in [0.3, 0.4) is 0 Å². The van der Waals surface area contributed by atoms with Gasteiger partial charge in [-0.15, -0.1) is 0 Å². The Kier molecular flexibility index (Phi) is 4.31. The number of hydrogen-bond donors (Lipinski definition) is 1. The number of benzene rings is 1. The Balaban J connectivity index is 2.59. The van der Waals surface area contributed by atoms with Gasteiger partial charge in [-0.25, -0.2) is 8.42 Å². The first-order valence-corrected chi connectivity index (χ1v) is 8.11. The zero-order chi connectivity index (χ0) is 15.8. The summed E-state index contributed by atoms with van der Waals surface area (Å²) >= 11 is 0. The Labute approximate surface area is 123 Å². The highest BCUT2D eigenvalue weighted by atomic mass is 32.2. The van der Waals surface area contributed by atoms with E-state index in [1.54, 1.807) is 13.8 Å². The van der Waals surface area contributed by atoms with Crippen molar-refractivity contribution in [2.24, 2.45) is 0 Å². The smallest absolute Gasteiger partial charge is 0.289 e. The number of aliphatic hydroxyl groups excluding tert-OH is 1. The van der Waals surface area contributed by atoms with Gasteiger partial charge in [0.25, 0.3) is 5.69 Å². The van der Waals surface area contributed by atoms with E-state index in [0.717, 1.165) is 0 Å². The van der Waals surface area contributed by atoms with Crippen LogP contribution in [-0.4, -0.2) is 41.9 Å². The van der Waals surface area contributed by atoms with E-state index in [0.29, 0.717) is 24.0 Å². The molecule has 1 aliphatic rings. The van der Waals surface area contributed by atoms with Gasteiger partial charge >= 0.3 is 0 Å². The Morgan fingerprint density at radius 1 is 1.38 bits per heavy atom. The van der Waals surface area contributed by atoms with Crippen LogP contribution in [0.25, 0.3) is 0 Å². The second-order valence-corrected chi connectivity index (χ2v) is 7.11. The van der Waals surface area contributed by atoms with E-state index in [1.165, 1.54) is 16.4 Å². The average molecular weight is 314 g/mol. The average Bonchev–Trinajstić information content (AvgIpc) is 2.90. The molecule has 1 fully saturated rings. The second-order valence-electron chi connectivity index (χ2n) is 5.26. The zero-order valence-electron chi connectivity index (χ0n) is 11.9. The fourth-order valence-corrected chi connectivity index (χ4v) is 4.47. The number of nitro benzene ring substituents is 1. The topological polar surface area (TPSA) is 101 Å². The van der Waals surface area contributed by atoms with Crippen molar-refractivity contribution in [2.45, 2.75) is 37.6 Å². The number of aliphatic hydroxyl groups is 1. The van der Waals surface area contributed by atoms with Gasteiger partial charge < -0.3 is 5.11 Å². The molecule has 0 aromatic heterocycles. The normalized spacial score (nSPS) is 19.9. The van der Waals surface area contributed by atoms with Gasteiger partial charge in [-0.2, -0.15) is 4.31 Å². The minimum absolute atomic E-state index is 0.275. The summed E-state index contributed by atoms with van der Waals surface area (Å²) in [4.78, 5) is 10.2. The van der Waals surface area contributed by atoms with Gasteiger partial charge in [0.2, 0.25) is 10.0 Å². The SMILES string of the molecule is Cc1cc([N+](=O)[O-])c(S(=O)(=O)N2CCCC2CO)cc1C. The summed E-state index contributed by atoms with van der Waals surface area (Å²) in [6.45, 7) is 3.41. The summed E-state index contributed by atoms with van der Waals surface area (Å²) in [5, 5.41) is 20.5.